The third-order valence-electron chi connectivity index (χ3n) is 1.83. The number of hydrogen-bond donors (Lipinski definition) is 1. The van der Waals surface area contributed by atoms with E-state index in [1.165, 1.54) is 18.2 Å². The van der Waals surface area contributed by atoms with E-state index in [1.54, 1.807) is 0 Å². The summed E-state index contributed by atoms with van der Waals surface area (Å²) in [6.45, 7) is 0. The predicted octanol–water partition coefficient (Wildman–Crippen LogP) is 0.987. The number of para-hydroxylation sites is 1. The Morgan fingerprint density at radius 1 is 1.36 bits per heavy atom. The summed E-state index contributed by atoms with van der Waals surface area (Å²) >= 11 is 2.86. The number of rotatable bonds is 0. The topological polar surface area (TPSA) is 54.9 Å². The van der Waals surface area contributed by atoms with Crippen molar-refractivity contribution in [1.82, 2.24) is 8.58 Å². The third-order valence-corrected chi connectivity index (χ3v) is 2.50. The molecule has 0 bridgehead atoms. The molecule has 1 N–H and O–H groups in total. The average Bonchev–Trinajstić information content (AvgIpc) is 2.14. The van der Waals surface area contributed by atoms with E-state index in [4.69, 9.17) is 0 Å². The van der Waals surface area contributed by atoms with Crippen LogP contribution in [-0.2, 0) is 0 Å². The van der Waals surface area contributed by atoms with Gasteiger partial charge in [-0.05, 0) is 12.1 Å². The summed E-state index contributed by atoms with van der Waals surface area (Å²) in [5.74, 6) is -0.623. The van der Waals surface area contributed by atoms with Crippen molar-refractivity contribution >= 4 is 27.1 Å². The molecular formula is C8H4BrFN2O2. The molecule has 0 aliphatic heterocycles. The van der Waals surface area contributed by atoms with Crippen LogP contribution in [0.15, 0.2) is 27.8 Å². The molecule has 2 rings (SSSR count). The summed E-state index contributed by atoms with van der Waals surface area (Å²) in [7, 11) is 0. The average molecular weight is 259 g/mol. The Kier molecular flexibility index (Phi) is 1.99. The highest BCUT2D eigenvalue weighted by atomic mass is 79.9. The molecule has 6 heteroatoms. The first-order chi connectivity index (χ1) is 6.61. The fraction of sp³-hybridized carbons (Fsp3) is 0. The lowest BCUT2D eigenvalue weighted by Gasteiger charge is -2.01. The van der Waals surface area contributed by atoms with Crippen LogP contribution in [-0.4, -0.2) is 8.58 Å². The molecule has 2 aromatic rings. The van der Waals surface area contributed by atoms with E-state index in [2.05, 4.69) is 16.1 Å². The molecule has 0 atom stereocenters. The number of aromatic nitrogens is 2. The number of nitrogens with zero attached hydrogens (tertiary/aromatic N) is 1. The number of benzene rings is 1. The Labute approximate surface area is 85.3 Å². The molecule has 0 amide bonds. The van der Waals surface area contributed by atoms with Gasteiger partial charge in [-0.3, -0.25) is 9.78 Å². The van der Waals surface area contributed by atoms with Crippen LogP contribution in [0.2, 0.25) is 0 Å². The first-order valence-corrected chi connectivity index (χ1v) is 4.42. The molecule has 0 radical (unpaired) electrons. The Morgan fingerprint density at radius 3 is 2.79 bits per heavy atom. The van der Waals surface area contributed by atoms with E-state index in [0.717, 1.165) is 3.59 Å². The molecule has 0 spiro atoms. The quantitative estimate of drug-likeness (QED) is 0.766. The van der Waals surface area contributed by atoms with E-state index in [0.29, 0.717) is 0 Å². The van der Waals surface area contributed by atoms with Crippen molar-refractivity contribution < 1.29 is 4.39 Å². The maximum Gasteiger partial charge on any atom is 0.339 e. The normalized spacial score (nSPS) is 10.7. The van der Waals surface area contributed by atoms with Gasteiger partial charge in [-0.15, -0.1) is 0 Å². The minimum atomic E-state index is -0.701. The molecule has 1 aromatic heterocycles. The summed E-state index contributed by atoms with van der Waals surface area (Å²) in [6, 6.07) is 4.03. The zero-order valence-electron chi connectivity index (χ0n) is 6.75. The first-order valence-electron chi connectivity index (χ1n) is 3.71. The molecule has 4 nitrogen and oxygen atoms in total. The van der Waals surface area contributed by atoms with Gasteiger partial charge in [-0.2, -0.15) is 0 Å². The highest BCUT2D eigenvalue weighted by molar-refractivity contribution is 9.08. The van der Waals surface area contributed by atoms with Gasteiger partial charge in [0.05, 0.1) is 21.5 Å². The van der Waals surface area contributed by atoms with Gasteiger partial charge in [0, 0.05) is 0 Å². The summed E-state index contributed by atoms with van der Waals surface area (Å²) < 4.78 is 14.2. The molecule has 0 saturated carbocycles. The zero-order valence-corrected chi connectivity index (χ0v) is 8.34. The van der Waals surface area contributed by atoms with E-state index >= 15 is 0 Å². The number of nitrogens with one attached hydrogen (secondary N) is 1. The molecule has 72 valence electrons. The maximum atomic E-state index is 13.3. The van der Waals surface area contributed by atoms with Crippen molar-refractivity contribution in [3.8, 4) is 0 Å². The van der Waals surface area contributed by atoms with Crippen LogP contribution in [0, 0.1) is 5.82 Å². The number of halogens is 2. The van der Waals surface area contributed by atoms with Gasteiger partial charge in [-0.25, -0.2) is 12.8 Å². The molecule has 1 aromatic carbocycles. The van der Waals surface area contributed by atoms with E-state index in [9.17, 15) is 14.0 Å². The minimum Gasteiger partial charge on any atom is -0.273 e. The lowest BCUT2D eigenvalue weighted by molar-refractivity contribution is 0.635. The second-order valence-corrected chi connectivity index (χ2v) is 3.39. The van der Waals surface area contributed by atoms with Crippen molar-refractivity contribution in [3.05, 3.63) is 44.9 Å². The number of fused-ring (bicyclic) bond motifs is 1. The summed E-state index contributed by atoms with van der Waals surface area (Å²) in [6.07, 6.45) is 0. The maximum absolute atomic E-state index is 13.3. The van der Waals surface area contributed by atoms with Crippen LogP contribution < -0.4 is 11.2 Å². The highest BCUT2D eigenvalue weighted by Gasteiger charge is 2.08. The van der Waals surface area contributed by atoms with Crippen LogP contribution in [0.25, 0.3) is 10.9 Å². The largest absolute Gasteiger partial charge is 0.339 e. The van der Waals surface area contributed by atoms with Crippen molar-refractivity contribution in [2.24, 2.45) is 0 Å². The van der Waals surface area contributed by atoms with Crippen LogP contribution in [0.1, 0.15) is 0 Å². The Morgan fingerprint density at radius 2 is 2.07 bits per heavy atom. The predicted molar refractivity (Wildman–Crippen MR) is 53.1 cm³/mol. The Balaban J connectivity index is 3.19. The fourth-order valence-corrected chi connectivity index (χ4v) is 1.66. The monoisotopic (exact) mass is 258 g/mol. The molecule has 0 unspecified atom stereocenters. The van der Waals surface area contributed by atoms with Gasteiger partial charge in [0.25, 0.3) is 5.56 Å². The van der Waals surface area contributed by atoms with Gasteiger partial charge in [0.1, 0.15) is 11.3 Å². The molecule has 0 fully saturated rings. The SMILES string of the molecule is O=c1[nH]c(=O)n(Br)c2c(F)cccc12. The zero-order chi connectivity index (χ0) is 10.3. The summed E-state index contributed by atoms with van der Waals surface area (Å²) in [5.41, 5.74) is -1.35. The minimum absolute atomic E-state index is 0.0544. The van der Waals surface area contributed by atoms with Gasteiger partial charge in [0.2, 0.25) is 0 Å². The van der Waals surface area contributed by atoms with Crippen molar-refractivity contribution in [1.29, 1.82) is 0 Å². The van der Waals surface area contributed by atoms with Gasteiger partial charge < -0.3 is 0 Å². The Hall–Kier alpha value is -1.43. The first kappa shape index (κ1) is 9.14. The van der Waals surface area contributed by atoms with Gasteiger partial charge in [0.15, 0.2) is 0 Å². The van der Waals surface area contributed by atoms with Crippen LogP contribution in [0.5, 0.6) is 0 Å². The highest BCUT2D eigenvalue weighted by Crippen LogP contribution is 2.13. The molecular weight excluding hydrogens is 255 g/mol. The summed E-state index contributed by atoms with van der Waals surface area (Å²) in [5, 5.41) is 0.126. The molecule has 0 saturated heterocycles. The van der Waals surface area contributed by atoms with E-state index < -0.39 is 17.1 Å². The molecule has 1 heterocycles. The molecule has 0 aliphatic carbocycles. The van der Waals surface area contributed by atoms with Crippen LogP contribution >= 0.6 is 16.1 Å². The number of aromatic amines is 1. The van der Waals surface area contributed by atoms with Crippen LogP contribution in [0.4, 0.5) is 4.39 Å². The van der Waals surface area contributed by atoms with Crippen molar-refractivity contribution in [2.45, 2.75) is 0 Å². The molecule has 14 heavy (non-hydrogen) atoms. The molecule has 0 aliphatic rings. The van der Waals surface area contributed by atoms with E-state index in [1.807, 2.05) is 4.98 Å². The Bertz CT molecular complexity index is 617. The standard InChI is InChI=1S/C8H4BrFN2O2/c9-12-6-4(2-1-3-5(6)10)7(13)11-8(12)14/h1-3H,(H,11,13,14). The smallest absolute Gasteiger partial charge is 0.273 e. The number of H-pyrrole nitrogens is 1. The second-order valence-electron chi connectivity index (χ2n) is 2.68. The fourth-order valence-electron chi connectivity index (χ4n) is 1.21. The van der Waals surface area contributed by atoms with Crippen molar-refractivity contribution in [2.75, 3.05) is 0 Å². The van der Waals surface area contributed by atoms with Gasteiger partial charge in [-0.1, -0.05) is 6.07 Å². The number of hydrogen-bond acceptors (Lipinski definition) is 2. The lowest BCUT2D eigenvalue weighted by atomic mass is 10.2. The van der Waals surface area contributed by atoms with Crippen LogP contribution in [0.3, 0.4) is 0 Å². The van der Waals surface area contributed by atoms with Gasteiger partial charge >= 0.3 is 5.69 Å². The van der Waals surface area contributed by atoms with Crippen molar-refractivity contribution in [3.63, 3.8) is 0 Å². The second kappa shape index (κ2) is 3.06. The summed E-state index contributed by atoms with van der Waals surface area (Å²) in [4.78, 5) is 24.4. The lowest BCUT2D eigenvalue weighted by Crippen LogP contribution is -2.26. The third kappa shape index (κ3) is 1.19. The van der Waals surface area contributed by atoms with E-state index in [-0.39, 0.29) is 10.9 Å².